The molecule has 2 aliphatic rings. The molecule has 2 fully saturated rings. The van der Waals surface area contributed by atoms with Crippen molar-refractivity contribution in [1.82, 2.24) is 9.97 Å². The molecule has 1 saturated carbocycles. The maximum Gasteiger partial charge on any atom is 0.159 e. The highest BCUT2D eigenvalue weighted by Crippen LogP contribution is 2.38. The van der Waals surface area contributed by atoms with Crippen molar-refractivity contribution in [2.45, 2.75) is 38.5 Å². The Labute approximate surface area is 169 Å². The number of aromatic nitrogens is 2. The first-order valence-corrected chi connectivity index (χ1v) is 10.1. The van der Waals surface area contributed by atoms with Crippen molar-refractivity contribution in [2.24, 2.45) is 11.8 Å². The van der Waals surface area contributed by atoms with E-state index in [9.17, 15) is 9.59 Å². The third kappa shape index (κ3) is 3.87. The van der Waals surface area contributed by atoms with Gasteiger partial charge in [-0.1, -0.05) is 11.6 Å². The Balaban J connectivity index is 1.59. The number of aryl methyl sites for hydroxylation is 1. The zero-order valence-electron chi connectivity index (χ0n) is 15.9. The van der Waals surface area contributed by atoms with Crippen LogP contribution >= 0.6 is 11.6 Å². The van der Waals surface area contributed by atoms with Crippen molar-refractivity contribution < 1.29 is 14.3 Å². The lowest BCUT2D eigenvalue weighted by molar-refractivity contribution is -0.125. The summed E-state index contributed by atoms with van der Waals surface area (Å²) in [6.07, 6.45) is 4.73. The van der Waals surface area contributed by atoms with Crippen LogP contribution in [0.25, 0.3) is 11.4 Å². The quantitative estimate of drug-likeness (QED) is 0.723. The molecule has 146 valence electrons. The normalized spacial score (nSPS) is 23.4. The molecule has 0 spiro atoms. The molecule has 4 rings (SSSR count). The topological polar surface area (TPSA) is 69.2 Å². The number of ether oxygens (including phenoxy) is 1. The van der Waals surface area contributed by atoms with Crippen molar-refractivity contribution in [3.05, 3.63) is 46.7 Å². The smallest absolute Gasteiger partial charge is 0.159 e. The number of carbonyl (C=O) groups excluding carboxylic acids is 2. The van der Waals surface area contributed by atoms with Gasteiger partial charge in [-0.3, -0.25) is 9.59 Å². The van der Waals surface area contributed by atoms with Gasteiger partial charge >= 0.3 is 0 Å². The van der Waals surface area contributed by atoms with Gasteiger partial charge in [-0.2, -0.15) is 0 Å². The van der Waals surface area contributed by atoms with E-state index in [1.165, 1.54) is 0 Å². The van der Waals surface area contributed by atoms with Gasteiger partial charge in [-0.25, -0.2) is 9.97 Å². The molecule has 0 amide bonds. The van der Waals surface area contributed by atoms with E-state index in [1.54, 1.807) is 18.3 Å². The molecule has 1 saturated heterocycles. The molecule has 5 nitrogen and oxygen atoms in total. The lowest BCUT2D eigenvalue weighted by Crippen LogP contribution is -2.22. The zero-order valence-corrected chi connectivity index (χ0v) is 16.6. The van der Waals surface area contributed by atoms with Crippen LogP contribution in [-0.4, -0.2) is 34.7 Å². The lowest BCUT2D eigenvalue weighted by Gasteiger charge is -2.24. The highest BCUT2D eigenvalue weighted by atomic mass is 35.5. The van der Waals surface area contributed by atoms with Gasteiger partial charge in [0.05, 0.1) is 5.69 Å². The largest absolute Gasteiger partial charge is 0.381 e. The molecule has 0 radical (unpaired) electrons. The third-order valence-corrected chi connectivity index (χ3v) is 6.05. The minimum absolute atomic E-state index is 0.0142. The SMILES string of the molecule is Cc1cnc(-c2ccc(Cl)cc2)nc1C1C(=O)CC(CC2CCOCC2)C1=O. The van der Waals surface area contributed by atoms with Crippen LogP contribution in [0.2, 0.25) is 5.02 Å². The fraction of sp³-hybridized carbons (Fsp3) is 0.455. The molecule has 1 aromatic carbocycles. The fourth-order valence-corrected chi connectivity index (χ4v) is 4.34. The van der Waals surface area contributed by atoms with Crippen molar-refractivity contribution >= 4 is 23.2 Å². The molecule has 2 aromatic rings. The lowest BCUT2D eigenvalue weighted by atomic mass is 9.86. The Morgan fingerprint density at radius 1 is 1.14 bits per heavy atom. The van der Waals surface area contributed by atoms with Crippen LogP contribution in [-0.2, 0) is 14.3 Å². The van der Waals surface area contributed by atoms with E-state index in [-0.39, 0.29) is 17.5 Å². The van der Waals surface area contributed by atoms with E-state index < -0.39 is 5.92 Å². The van der Waals surface area contributed by atoms with Gasteiger partial charge in [0.25, 0.3) is 0 Å². The zero-order chi connectivity index (χ0) is 19.7. The summed E-state index contributed by atoms with van der Waals surface area (Å²) in [6, 6.07) is 7.22. The van der Waals surface area contributed by atoms with E-state index >= 15 is 0 Å². The Kier molecular flexibility index (Phi) is 5.56. The maximum absolute atomic E-state index is 13.1. The predicted octanol–water partition coefficient (Wildman–Crippen LogP) is 4.16. The van der Waals surface area contributed by atoms with Crippen molar-refractivity contribution in [2.75, 3.05) is 13.2 Å². The number of Topliss-reactive ketones (excluding diaryl/α,β-unsaturated/α-hetero) is 2. The molecule has 2 atom stereocenters. The summed E-state index contributed by atoms with van der Waals surface area (Å²) in [5.74, 6) is -0.00442. The summed E-state index contributed by atoms with van der Waals surface area (Å²) in [5, 5.41) is 0.633. The Bertz CT molecular complexity index is 891. The molecule has 0 bridgehead atoms. The average molecular weight is 399 g/mol. The van der Waals surface area contributed by atoms with Gasteiger partial charge < -0.3 is 4.74 Å². The number of benzene rings is 1. The molecule has 1 aromatic heterocycles. The van der Waals surface area contributed by atoms with E-state index in [2.05, 4.69) is 9.97 Å². The van der Waals surface area contributed by atoms with Gasteiger partial charge in [-0.15, -0.1) is 0 Å². The molecule has 28 heavy (non-hydrogen) atoms. The minimum atomic E-state index is -0.765. The molecular weight excluding hydrogens is 376 g/mol. The van der Waals surface area contributed by atoms with Gasteiger partial charge in [-0.05, 0) is 61.9 Å². The standard InChI is InChI=1S/C22H23ClN2O3/c1-13-12-24-22(15-2-4-17(23)5-3-15)25-20(13)19-18(26)11-16(21(19)27)10-14-6-8-28-9-7-14/h2-5,12,14,16,19H,6-11H2,1H3. The second kappa shape index (κ2) is 8.10. The number of rotatable bonds is 4. The van der Waals surface area contributed by atoms with E-state index in [4.69, 9.17) is 16.3 Å². The summed E-state index contributed by atoms with van der Waals surface area (Å²) in [4.78, 5) is 34.9. The summed E-state index contributed by atoms with van der Waals surface area (Å²) in [5.41, 5.74) is 2.13. The van der Waals surface area contributed by atoms with E-state index in [0.29, 0.717) is 28.9 Å². The maximum atomic E-state index is 13.1. The first kappa shape index (κ1) is 19.2. The first-order chi connectivity index (χ1) is 13.5. The highest BCUT2D eigenvalue weighted by Gasteiger charge is 2.44. The predicted molar refractivity (Wildman–Crippen MR) is 106 cm³/mol. The highest BCUT2D eigenvalue weighted by molar-refractivity contribution is 6.30. The van der Waals surface area contributed by atoms with Crippen molar-refractivity contribution in [3.8, 4) is 11.4 Å². The number of carbonyl (C=O) groups is 2. The molecule has 2 unspecified atom stereocenters. The second-order valence-corrected chi connectivity index (χ2v) is 8.20. The van der Waals surface area contributed by atoms with Crippen LogP contribution in [0.1, 0.15) is 42.9 Å². The Morgan fingerprint density at radius 3 is 2.57 bits per heavy atom. The van der Waals surface area contributed by atoms with Crippen molar-refractivity contribution in [3.63, 3.8) is 0 Å². The van der Waals surface area contributed by atoms with Crippen LogP contribution in [0.3, 0.4) is 0 Å². The summed E-state index contributed by atoms with van der Waals surface area (Å²) in [6.45, 7) is 3.35. The number of halogens is 1. The van der Waals surface area contributed by atoms with Crippen LogP contribution in [0.15, 0.2) is 30.5 Å². The fourth-order valence-electron chi connectivity index (χ4n) is 4.21. The first-order valence-electron chi connectivity index (χ1n) is 9.76. The molecule has 1 aliphatic heterocycles. The number of nitrogens with zero attached hydrogens (tertiary/aromatic N) is 2. The third-order valence-electron chi connectivity index (χ3n) is 5.80. The van der Waals surface area contributed by atoms with Gasteiger partial charge in [0.2, 0.25) is 0 Å². The average Bonchev–Trinajstić information content (AvgIpc) is 2.97. The molecular formula is C22H23ClN2O3. The van der Waals surface area contributed by atoms with Crippen LogP contribution in [0.5, 0.6) is 0 Å². The van der Waals surface area contributed by atoms with Gasteiger partial charge in [0.15, 0.2) is 11.6 Å². The Hall–Kier alpha value is -2.11. The Morgan fingerprint density at radius 2 is 1.86 bits per heavy atom. The number of hydrogen-bond donors (Lipinski definition) is 0. The molecule has 6 heteroatoms. The van der Waals surface area contributed by atoms with E-state index in [0.717, 1.165) is 43.6 Å². The van der Waals surface area contributed by atoms with Crippen molar-refractivity contribution in [1.29, 1.82) is 0 Å². The monoisotopic (exact) mass is 398 g/mol. The van der Waals surface area contributed by atoms with Gasteiger partial charge in [0.1, 0.15) is 11.7 Å². The summed E-state index contributed by atoms with van der Waals surface area (Å²) in [7, 11) is 0. The summed E-state index contributed by atoms with van der Waals surface area (Å²) >= 11 is 5.96. The second-order valence-electron chi connectivity index (χ2n) is 7.76. The molecule has 0 N–H and O–H groups in total. The minimum Gasteiger partial charge on any atom is -0.381 e. The van der Waals surface area contributed by atoms with Crippen LogP contribution in [0, 0.1) is 18.8 Å². The number of hydrogen-bond acceptors (Lipinski definition) is 5. The van der Waals surface area contributed by atoms with Gasteiger partial charge in [0, 0.05) is 42.3 Å². The van der Waals surface area contributed by atoms with E-state index in [1.807, 2.05) is 19.1 Å². The molecule has 1 aliphatic carbocycles. The summed E-state index contributed by atoms with van der Waals surface area (Å²) < 4.78 is 5.40. The van der Waals surface area contributed by atoms with Crippen LogP contribution < -0.4 is 0 Å². The van der Waals surface area contributed by atoms with Crippen LogP contribution in [0.4, 0.5) is 0 Å². The number of ketones is 2. The molecule has 2 heterocycles.